The van der Waals surface area contributed by atoms with E-state index >= 15 is 0 Å². The molecule has 1 aliphatic heterocycles. The van der Waals surface area contributed by atoms with Crippen molar-refractivity contribution in [3.8, 4) is 0 Å². The van der Waals surface area contributed by atoms with Crippen LogP contribution in [0.3, 0.4) is 0 Å². The summed E-state index contributed by atoms with van der Waals surface area (Å²) in [5, 5.41) is 11.5. The van der Waals surface area contributed by atoms with Gasteiger partial charge in [0.15, 0.2) is 5.76 Å². The summed E-state index contributed by atoms with van der Waals surface area (Å²) >= 11 is 3.50. The lowest BCUT2D eigenvalue weighted by atomic mass is 9.96. The van der Waals surface area contributed by atoms with Gasteiger partial charge >= 0.3 is 0 Å². The SMILES string of the molecule is CCN(CC)CCCN1C(=O)C(=O)C(=C(O)c2c(C)nc3ccccn23)[C@H]1c1cccc(Br)c1. The van der Waals surface area contributed by atoms with Crippen LogP contribution in [0.5, 0.6) is 0 Å². The number of carbonyl (C=O) groups excluding carboxylic acids is 2. The molecule has 7 nitrogen and oxygen atoms in total. The highest BCUT2D eigenvalue weighted by atomic mass is 79.9. The number of aryl methyl sites for hydroxylation is 1. The number of aromatic nitrogens is 2. The van der Waals surface area contributed by atoms with Gasteiger partial charge in [-0.15, -0.1) is 0 Å². The fourth-order valence-electron chi connectivity index (χ4n) is 4.66. The van der Waals surface area contributed by atoms with Gasteiger partial charge in [0.25, 0.3) is 11.7 Å². The molecule has 1 atom stereocenters. The van der Waals surface area contributed by atoms with Crippen molar-refractivity contribution in [2.24, 2.45) is 0 Å². The van der Waals surface area contributed by atoms with Crippen LogP contribution in [0.15, 0.2) is 58.7 Å². The first kappa shape index (κ1) is 24.2. The van der Waals surface area contributed by atoms with Crippen molar-refractivity contribution < 1.29 is 14.7 Å². The third kappa shape index (κ3) is 4.40. The standard InChI is InChI=1S/C26H29BrN4O3/c1-4-29(5-2)13-9-15-31-23(18-10-8-11-19(27)16-18)21(25(33)26(31)34)24(32)22-17(3)28-20-12-6-7-14-30(20)22/h6-8,10-12,14,16,23,32H,4-5,9,13,15H2,1-3H3/t23-/m1/s1. The van der Waals surface area contributed by atoms with Crippen LogP contribution in [0.25, 0.3) is 11.4 Å². The summed E-state index contributed by atoms with van der Waals surface area (Å²) in [5.41, 5.74) is 2.54. The van der Waals surface area contributed by atoms with Crippen molar-refractivity contribution >= 4 is 39.0 Å². The second-order valence-corrected chi connectivity index (χ2v) is 9.32. The van der Waals surface area contributed by atoms with Gasteiger partial charge in [0.2, 0.25) is 0 Å². The number of likely N-dealkylation sites (tertiary alicyclic amines) is 1. The predicted molar refractivity (Wildman–Crippen MR) is 135 cm³/mol. The lowest BCUT2D eigenvalue weighted by molar-refractivity contribution is -0.140. The maximum atomic E-state index is 13.3. The monoisotopic (exact) mass is 524 g/mol. The number of rotatable bonds is 8. The number of aliphatic hydroxyl groups is 1. The van der Waals surface area contributed by atoms with Crippen molar-refractivity contribution in [2.75, 3.05) is 26.2 Å². The molecule has 1 saturated heterocycles. The molecule has 34 heavy (non-hydrogen) atoms. The molecular formula is C26H29BrN4O3. The highest BCUT2D eigenvalue weighted by Gasteiger charge is 2.46. The van der Waals surface area contributed by atoms with E-state index < -0.39 is 17.7 Å². The zero-order chi connectivity index (χ0) is 24.4. The minimum Gasteiger partial charge on any atom is -0.505 e. The van der Waals surface area contributed by atoms with Gasteiger partial charge in [0.1, 0.15) is 11.3 Å². The first-order chi connectivity index (χ1) is 16.4. The van der Waals surface area contributed by atoms with Gasteiger partial charge in [0, 0.05) is 17.2 Å². The van der Waals surface area contributed by atoms with E-state index in [9.17, 15) is 14.7 Å². The predicted octanol–water partition coefficient (Wildman–Crippen LogP) is 4.56. The number of aliphatic hydroxyl groups excluding tert-OH is 1. The molecule has 1 amide bonds. The molecule has 8 heteroatoms. The molecule has 1 aliphatic rings. The Hall–Kier alpha value is -2.97. The fraction of sp³-hybridized carbons (Fsp3) is 0.346. The zero-order valence-corrected chi connectivity index (χ0v) is 21.2. The summed E-state index contributed by atoms with van der Waals surface area (Å²) < 4.78 is 2.58. The lowest BCUT2D eigenvalue weighted by Gasteiger charge is -2.27. The van der Waals surface area contributed by atoms with Gasteiger partial charge in [-0.25, -0.2) is 4.98 Å². The summed E-state index contributed by atoms with van der Waals surface area (Å²) in [6.45, 7) is 9.10. The van der Waals surface area contributed by atoms with E-state index in [-0.39, 0.29) is 11.3 Å². The molecule has 3 heterocycles. The van der Waals surface area contributed by atoms with Crippen LogP contribution < -0.4 is 0 Å². The topological polar surface area (TPSA) is 78.2 Å². The molecule has 0 bridgehead atoms. The molecule has 3 aromatic rings. The second-order valence-electron chi connectivity index (χ2n) is 8.40. The third-order valence-electron chi connectivity index (χ3n) is 6.40. The number of amides is 1. The summed E-state index contributed by atoms with van der Waals surface area (Å²) in [7, 11) is 0. The molecule has 0 saturated carbocycles. The molecule has 4 rings (SSSR count). The van der Waals surface area contributed by atoms with E-state index in [1.807, 2.05) is 42.5 Å². The van der Waals surface area contributed by atoms with E-state index in [4.69, 9.17) is 0 Å². The Balaban J connectivity index is 1.82. The Kier molecular flexibility index (Phi) is 7.19. The van der Waals surface area contributed by atoms with Crippen LogP contribution in [0, 0.1) is 6.92 Å². The van der Waals surface area contributed by atoms with Gasteiger partial charge in [-0.2, -0.15) is 0 Å². The molecule has 0 spiro atoms. The summed E-state index contributed by atoms with van der Waals surface area (Å²) in [4.78, 5) is 34.9. The average molecular weight is 525 g/mol. The van der Waals surface area contributed by atoms with E-state index in [0.29, 0.717) is 23.6 Å². The minimum absolute atomic E-state index is 0.0969. The number of benzene rings is 1. The van der Waals surface area contributed by atoms with Crippen LogP contribution in [0.1, 0.15) is 43.3 Å². The fourth-order valence-corrected chi connectivity index (χ4v) is 5.08. The van der Waals surface area contributed by atoms with E-state index in [0.717, 1.165) is 36.1 Å². The quantitative estimate of drug-likeness (QED) is 0.265. The Morgan fingerprint density at radius 2 is 1.91 bits per heavy atom. The van der Waals surface area contributed by atoms with Gasteiger partial charge in [-0.1, -0.05) is 48.0 Å². The molecule has 0 aliphatic carbocycles. The highest BCUT2D eigenvalue weighted by Crippen LogP contribution is 2.40. The molecule has 178 valence electrons. The Labute approximate surface area is 207 Å². The number of fused-ring (bicyclic) bond motifs is 1. The summed E-state index contributed by atoms with van der Waals surface area (Å²) in [6.07, 6.45) is 2.52. The zero-order valence-electron chi connectivity index (χ0n) is 19.7. The highest BCUT2D eigenvalue weighted by molar-refractivity contribution is 9.10. The van der Waals surface area contributed by atoms with Crippen LogP contribution in [0.2, 0.25) is 0 Å². The molecule has 0 radical (unpaired) electrons. The van der Waals surface area contributed by atoms with Crippen LogP contribution in [-0.4, -0.2) is 62.2 Å². The van der Waals surface area contributed by atoms with Crippen molar-refractivity contribution in [2.45, 2.75) is 33.2 Å². The molecule has 2 aromatic heterocycles. The Morgan fingerprint density at radius 3 is 2.62 bits per heavy atom. The number of hydrogen-bond donors (Lipinski definition) is 1. The van der Waals surface area contributed by atoms with Crippen molar-refractivity contribution in [3.63, 3.8) is 0 Å². The maximum absolute atomic E-state index is 13.3. The average Bonchev–Trinajstić information content (AvgIpc) is 3.29. The lowest BCUT2D eigenvalue weighted by Crippen LogP contribution is -2.33. The number of pyridine rings is 1. The van der Waals surface area contributed by atoms with Crippen LogP contribution in [-0.2, 0) is 9.59 Å². The number of halogens is 1. The first-order valence-electron chi connectivity index (χ1n) is 11.6. The van der Waals surface area contributed by atoms with Crippen molar-refractivity contribution in [1.82, 2.24) is 19.2 Å². The molecule has 1 aromatic carbocycles. The van der Waals surface area contributed by atoms with Gasteiger partial charge in [-0.3, -0.25) is 14.0 Å². The number of imidazole rings is 1. The molecule has 0 unspecified atom stereocenters. The van der Waals surface area contributed by atoms with Gasteiger partial charge in [-0.05, 0) is 62.8 Å². The summed E-state index contributed by atoms with van der Waals surface area (Å²) in [6, 6.07) is 12.4. The first-order valence-corrected chi connectivity index (χ1v) is 12.4. The van der Waals surface area contributed by atoms with Crippen LogP contribution in [0.4, 0.5) is 0 Å². The minimum atomic E-state index is -0.678. The number of hydrogen-bond acceptors (Lipinski definition) is 5. The molecule has 1 fully saturated rings. The van der Waals surface area contributed by atoms with Crippen LogP contribution >= 0.6 is 15.9 Å². The smallest absolute Gasteiger partial charge is 0.295 e. The maximum Gasteiger partial charge on any atom is 0.295 e. The van der Waals surface area contributed by atoms with Crippen molar-refractivity contribution in [3.05, 3.63) is 75.7 Å². The number of Topliss-reactive ketones (excluding diaryl/α,β-unsaturated/α-hetero) is 1. The van der Waals surface area contributed by atoms with Gasteiger partial charge < -0.3 is 14.9 Å². The third-order valence-corrected chi connectivity index (χ3v) is 6.89. The van der Waals surface area contributed by atoms with Crippen molar-refractivity contribution in [1.29, 1.82) is 0 Å². The van der Waals surface area contributed by atoms with E-state index in [1.165, 1.54) is 0 Å². The normalized spacial score (nSPS) is 17.9. The Bertz CT molecular complexity index is 1260. The molecular weight excluding hydrogens is 496 g/mol. The Morgan fingerprint density at radius 1 is 1.15 bits per heavy atom. The van der Waals surface area contributed by atoms with Gasteiger partial charge in [0.05, 0.1) is 17.3 Å². The number of ketones is 1. The van der Waals surface area contributed by atoms with E-state index in [2.05, 4.69) is 39.7 Å². The number of carbonyl (C=O) groups is 2. The summed E-state index contributed by atoms with van der Waals surface area (Å²) in [5.74, 6) is -1.46. The molecule has 1 N–H and O–H groups in total. The largest absolute Gasteiger partial charge is 0.505 e. The second kappa shape index (κ2) is 10.1. The number of nitrogens with zero attached hydrogens (tertiary/aromatic N) is 4. The van der Waals surface area contributed by atoms with E-state index in [1.54, 1.807) is 22.4 Å².